The number of quaternary nitrogens is 1. The van der Waals surface area contributed by atoms with Gasteiger partial charge in [-0.2, -0.15) is 20.2 Å². The summed E-state index contributed by atoms with van der Waals surface area (Å²) in [6, 6.07) is 7.02. The van der Waals surface area contributed by atoms with Crippen molar-refractivity contribution in [2.45, 2.75) is 52.2 Å². The molecule has 34 heavy (non-hydrogen) atoms. The maximum Gasteiger partial charge on any atom is 0.164 e. The number of fused-ring (bicyclic) bond motifs is 1. The molecule has 3 aromatic rings. The highest BCUT2D eigenvalue weighted by atomic mass is 15.3. The van der Waals surface area contributed by atoms with Gasteiger partial charge in [0.25, 0.3) is 0 Å². The minimum absolute atomic E-state index is 0.224. The number of nitrogens with one attached hydrogen (secondary N) is 2. The van der Waals surface area contributed by atoms with Crippen molar-refractivity contribution in [1.29, 1.82) is 10.8 Å². The van der Waals surface area contributed by atoms with Crippen LogP contribution in [0.15, 0.2) is 42.0 Å². The Morgan fingerprint density at radius 3 is 2.76 bits per heavy atom. The van der Waals surface area contributed by atoms with E-state index in [1.807, 2.05) is 12.3 Å². The molecular formula is C24H31N10+. The van der Waals surface area contributed by atoms with E-state index < -0.39 is 0 Å². The summed E-state index contributed by atoms with van der Waals surface area (Å²) in [4.78, 5) is 11.4. The van der Waals surface area contributed by atoms with E-state index in [1.54, 1.807) is 23.1 Å². The van der Waals surface area contributed by atoms with Crippen LogP contribution in [0.4, 0.5) is 5.69 Å². The Morgan fingerprint density at radius 2 is 2.09 bits per heavy atom. The van der Waals surface area contributed by atoms with Gasteiger partial charge in [-0.1, -0.05) is 6.92 Å². The molecule has 0 radical (unpaired) electrons. The monoisotopic (exact) mass is 459 g/mol. The van der Waals surface area contributed by atoms with Crippen molar-refractivity contribution >= 4 is 22.4 Å². The van der Waals surface area contributed by atoms with Gasteiger partial charge in [0.1, 0.15) is 24.0 Å². The molecule has 0 aliphatic carbocycles. The Hall–Kier alpha value is -3.68. The zero-order chi connectivity index (χ0) is 24.2. The molecule has 1 aliphatic rings. The van der Waals surface area contributed by atoms with E-state index in [9.17, 15) is 0 Å². The van der Waals surface area contributed by atoms with Crippen LogP contribution in [0, 0.1) is 16.9 Å². The first kappa shape index (κ1) is 23.5. The summed E-state index contributed by atoms with van der Waals surface area (Å²) >= 11 is 0. The third kappa shape index (κ3) is 4.81. The molecule has 1 fully saturated rings. The van der Waals surface area contributed by atoms with E-state index in [1.165, 1.54) is 6.20 Å². The van der Waals surface area contributed by atoms with Crippen LogP contribution in [0.1, 0.15) is 45.2 Å². The summed E-state index contributed by atoms with van der Waals surface area (Å²) in [6.45, 7) is 10.7. The van der Waals surface area contributed by atoms with E-state index in [4.69, 9.17) is 10.8 Å². The quantitative estimate of drug-likeness (QED) is 0.421. The Balaban J connectivity index is 1.66. The molecular weight excluding hydrogens is 428 g/mol. The molecule has 0 spiro atoms. The second-order valence-corrected chi connectivity index (χ2v) is 9.01. The first-order chi connectivity index (χ1) is 16.4. The average Bonchev–Trinajstić information content (AvgIpc) is 3.23. The normalized spacial score (nSPS) is 15.8. The van der Waals surface area contributed by atoms with Gasteiger partial charge in [0.15, 0.2) is 11.5 Å². The molecule has 1 aliphatic heterocycles. The molecule has 176 valence electrons. The van der Waals surface area contributed by atoms with Crippen molar-refractivity contribution in [2.75, 3.05) is 18.4 Å². The van der Waals surface area contributed by atoms with Gasteiger partial charge in [-0.05, 0) is 33.3 Å². The number of nitrogens with zero attached hydrogens (tertiary/aromatic N) is 7. The van der Waals surface area contributed by atoms with Crippen LogP contribution >= 0.6 is 0 Å². The highest BCUT2D eigenvalue weighted by Gasteiger charge is 2.31. The highest BCUT2D eigenvalue weighted by Crippen LogP contribution is 2.27. The van der Waals surface area contributed by atoms with Crippen molar-refractivity contribution in [3.8, 4) is 11.9 Å². The maximum absolute atomic E-state index is 9.13. The molecule has 4 N–H and O–H groups in total. The molecule has 0 bridgehead atoms. The fourth-order valence-electron chi connectivity index (χ4n) is 3.91. The number of hydrogen-bond acceptors (Lipinski definition) is 8. The van der Waals surface area contributed by atoms with E-state index >= 15 is 0 Å². The number of hydrogen-bond donors (Lipinski definition) is 3. The number of nitrogens with two attached hydrogens (primary N) is 1. The minimum atomic E-state index is 0.224. The number of likely N-dealkylation sites (tertiary alicyclic amines) is 1. The van der Waals surface area contributed by atoms with Gasteiger partial charge in [0.2, 0.25) is 0 Å². The molecule has 0 aromatic carbocycles. The SMILES string of the molecule is CCC(C)Nc1cc(-n2ncc3cc(C#N)cnc32)ncc1C(=C[NH2+]C1CN(C(C)C)C1)N=N. The van der Waals surface area contributed by atoms with Gasteiger partial charge in [-0.3, -0.25) is 4.90 Å². The molecule has 1 unspecified atom stereocenters. The smallest absolute Gasteiger partial charge is 0.164 e. The Bertz CT molecular complexity index is 1250. The van der Waals surface area contributed by atoms with Gasteiger partial charge in [0, 0.05) is 47.2 Å². The van der Waals surface area contributed by atoms with Crippen LogP contribution in [-0.2, 0) is 0 Å². The molecule has 1 saturated heterocycles. The molecule has 3 aromatic heterocycles. The van der Waals surface area contributed by atoms with Gasteiger partial charge in [-0.25, -0.2) is 15.5 Å². The molecule has 0 saturated carbocycles. The zero-order valence-electron chi connectivity index (χ0n) is 20.0. The summed E-state index contributed by atoms with van der Waals surface area (Å²) < 4.78 is 1.66. The molecule has 10 heteroatoms. The topological polar surface area (TPSA) is 135 Å². The lowest BCUT2D eigenvalue weighted by Crippen LogP contribution is -2.92. The predicted octanol–water partition coefficient (Wildman–Crippen LogP) is 2.88. The van der Waals surface area contributed by atoms with Crippen LogP contribution in [0.3, 0.4) is 0 Å². The molecule has 4 heterocycles. The summed E-state index contributed by atoms with van der Waals surface area (Å²) in [5.74, 6) is 0.599. The van der Waals surface area contributed by atoms with Crippen molar-refractivity contribution in [2.24, 2.45) is 5.11 Å². The standard InChI is InChI=1S/C24H30N10/c1-5-16(4)31-21-7-23(34-24-18(10-30-34)6-17(8-25)9-29-24)28-11-20(21)22(32-26)12-27-19-13-33(14-19)15(2)3/h6-7,9-12,15-16,19,26-27H,5,13-14H2,1-4H3,(H,28,31)/p+1. The van der Waals surface area contributed by atoms with Crippen molar-refractivity contribution in [3.05, 3.63) is 48.1 Å². The number of pyridine rings is 2. The second-order valence-electron chi connectivity index (χ2n) is 9.01. The molecule has 4 rings (SSSR count). The fourth-order valence-corrected chi connectivity index (χ4v) is 3.91. The lowest BCUT2D eigenvalue weighted by atomic mass is 10.1. The van der Waals surface area contributed by atoms with Crippen LogP contribution in [0.5, 0.6) is 0 Å². The first-order valence-electron chi connectivity index (χ1n) is 11.6. The Labute approximate surface area is 199 Å². The zero-order valence-corrected chi connectivity index (χ0v) is 20.0. The van der Waals surface area contributed by atoms with Crippen LogP contribution < -0.4 is 10.6 Å². The summed E-state index contributed by atoms with van der Waals surface area (Å²) in [7, 11) is 0. The summed E-state index contributed by atoms with van der Waals surface area (Å²) in [6.07, 6.45) is 7.82. The second kappa shape index (κ2) is 10.1. The van der Waals surface area contributed by atoms with E-state index in [-0.39, 0.29) is 6.04 Å². The van der Waals surface area contributed by atoms with Gasteiger partial charge in [0.05, 0.1) is 24.8 Å². The number of rotatable bonds is 9. The van der Waals surface area contributed by atoms with Crippen molar-refractivity contribution < 1.29 is 5.32 Å². The van der Waals surface area contributed by atoms with Gasteiger partial charge in [-0.15, -0.1) is 0 Å². The van der Waals surface area contributed by atoms with E-state index in [0.29, 0.717) is 34.8 Å². The maximum atomic E-state index is 9.13. The summed E-state index contributed by atoms with van der Waals surface area (Å²) in [5, 5.41) is 23.8. The van der Waals surface area contributed by atoms with Gasteiger partial charge < -0.3 is 10.6 Å². The molecule has 0 amide bonds. The van der Waals surface area contributed by atoms with Gasteiger partial charge >= 0.3 is 0 Å². The van der Waals surface area contributed by atoms with Crippen molar-refractivity contribution in [3.63, 3.8) is 0 Å². The van der Waals surface area contributed by atoms with Crippen LogP contribution in [-0.4, -0.2) is 55.9 Å². The number of nitriles is 1. The average molecular weight is 460 g/mol. The minimum Gasteiger partial charge on any atom is -0.382 e. The Kier molecular flexibility index (Phi) is 6.95. The van der Waals surface area contributed by atoms with Crippen molar-refractivity contribution in [1.82, 2.24) is 24.6 Å². The van der Waals surface area contributed by atoms with Crippen LogP contribution in [0.2, 0.25) is 0 Å². The number of anilines is 1. The summed E-state index contributed by atoms with van der Waals surface area (Å²) in [5.41, 5.74) is 11.1. The molecule has 1 atom stereocenters. The van der Waals surface area contributed by atoms with E-state index in [0.717, 1.165) is 36.1 Å². The number of aromatic nitrogens is 4. The van der Waals surface area contributed by atoms with Crippen LogP contribution in [0.25, 0.3) is 22.5 Å². The lowest BCUT2D eigenvalue weighted by Gasteiger charge is -2.39. The third-order valence-electron chi connectivity index (χ3n) is 6.25. The van der Waals surface area contributed by atoms with E-state index in [2.05, 4.69) is 69.5 Å². The largest absolute Gasteiger partial charge is 0.382 e. The first-order valence-corrected chi connectivity index (χ1v) is 11.6. The highest BCUT2D eigenvalue weighted by molar-refractivity contribution is 5.79. The molecule has 10 nitrogen and oxygen atoms in total. The third-order valence-corrected chi connectivity index (χ3v) is 6.25. The lowest BCUT2D eigenvalue weighted by molar-refractivity contribution is -0.639. The Morgan fingerprint density at radius 1 is 1.29 bits per heavy atom. The fraction of sp³-hybridized carbons (Fsp3) is 0.417. The predicted molar refractivity (Wildman–Crippen MR) is 130 cm³/mol.